The Balaban J connectivity index is 0.00000261. The van der Waals surface area contributed by atoms with Crippen LogP contribution in [0.3, 0.4) is 0 Å². The van der Waals surface area contributed by atoms with Crippen LogP contribution in [0.5, 0.6) is 0 Å². The van der Waals surface area contributed by atoms with Gasteiger partial charge in [0.25, 0.3) is 0 Å². The van der Waals surface area contributed by atoms with Crippen LogP contribution in [-0.2, 0) is 10.0 Å². The van der Waals surface area contributed by atoms with Crippen molar-refractivity contribution < 1.29 is 8.42 Å². The van der Waals surface area contributed by atoms with Crippen LogP contribution in [0.25, 0.3) is 0 Å². The molecular formula is C17H17Cl3N4O2S. The molecule has 27 heavy (non-hydrogen) atoms. The summed E-state index contributed by atoms with van der Waals surface area (Å²) in [6, 6.07) is 11.4. The highest BCUT2D eigenvalue weighted by molar-refractivity contribution is 7.89. The van der Waals surface area contributed by atoms with Gasteiger partial charge in [0.2, 0.25) is 10.0 Å². The molecule has 1 aliphatic rings. The maximum absolute atomic E-state index is 13.1. The number of hydrogen-bond donors (Lipinski definition) is 2. The van der Waals surface area contributed by atoms with E-state index in [2.05, 4.69) is 10.6 Å². The molecule has 0 atom stereocenters. The molecule has 1 heterocycles. The third kappa shape index (κ3) is 5.05. The molecule has 0 aromatic heterocycles. The largest absolute Gasteiger partial charge is 0.354 e. The van der Waals surface area contributed by atoms with Gasteiger partial charge in [-0.05, 0) is 36.4 Å². The minimum Gasteiger partial charge on any atom is -0.354 e. The molecule has 0 spiro atoms. The van der Waals surface area contributed by atoms with E-state index in [1.165, 1.54) is 10.4 Å². The predicted molar refractivity (Wildman–Crippen MR) is 110 cm³/mol. The number of halogens is 3. The molecule has 2 N–H and O–H groups in total. The fourth-order valence-electron chi connectivity index (χ4n) is 2.71. The lowest BCUT2D eigenvalue weighted by Crippen LogP contribution is -2.46. The van der Waals surface area contributed by atoms with Crippen molar-refractivity contribution in [2.45, 2.75) is 4.90 Å². The molecule has 10 heteroatoms. The summed E-state index contributed by atoms with van der Waals surface area (Å²) < 4.78 is 27.6. The van der Waals surface area contributed by atoms with Gasteiger partial charge < -0.3 is 10.6 Å². The molecule has 0 amide bonds. The number of piperazine rings is 1. The minimum absolute atomic E-state index is 0. The van der Waals surface area contributed by atoms with E-state index in [0.717, 1.165) is 0 Å². The first-order valence-electron chi connectivity index (χ1n) is 7.88. The van der Waals surface area contributed by atoms with E-state index in [-0.39, 0.29) is 22.9 Å². The molecule has 0 saturated carbocycles. The zero-order valence-corrected chi connectivity index (χ0v) is 17.2. The predicted octanol–water partition coefficient (Wildman–Crippen LogP) is 3.62. The lowest BCUT2D eigenvalue weighted by Gasteiger charge is -2.27. The molecule has 3 rings (SSSR count). The van der Waals surface area contributed by atoms with Crippen LogP contribution in [0.1, 0.15) is 5.56 Å². The summed E-state index contributed by atoms with van der Waals surface area (Å²) in [5.74, 6) is 0. The lowest BCUT2D eigenvalue weighted by molar-refractivity contribution is 0.360. The number of nitrogens with one attached hydrogen (secondary N) is 2. The molecule has 0 aliphatic carbocycles. The average Bonchev–Trinajstić information content (AvgIpc) is 2.62. The zero-order valence-electron chi connectivity index (χ0n) is 14.1. The molecule has 1 fully saturated rings. The summed E-state index contributed by atoms with van der Waals surface area (Å²) in [7, 11) is -3.75. The second-order valence-electron chi connectivity index (χ2n) is 5.76. The van der Waals surface area contributed by atoms with Gasteiger partial charge in [0, 0.05) is 41.9 Å². The monoisotopic (exact) mass is 446 g/mol. The molecule has 2 aromatic carbocycles. The van der Waals surface area contributed by atoms with Crippen molar-refractivity contribution in [1.29, 1.82) is 5.26 Å². The Kier molecular flexibility index (Phi) is 7.34. The first-order chi connectivity index (χ1) is 12.4. The molecule has 1 aliphatic heterocycles. The van der Waals surface area contributed by atoms with Crippen LogP contribution < -0.4 is 10.6 Å². The summed E-state index contributed by atoms with van der Waals surface area (Å²) in [4.78, 5) is 0.0505. The maximum atomic E-state index is 13.1. The molecule has 6 nitrogen and oxygen atoms in total. The molecule has 144 valence electrons. The van der Waals surface area contributed by atoms with Gasteiger partial charge in [-0.15, -0.1) is 12.4 Å². The normalized spacial score (nSPS) is 14.9. The molecule has 1 saturated heterocycles. The zero-order chi connectivity index (χ0) is 18.7. The van der Waals surface area contributed by atoms with Crippen molar-refractivity contribution in [2.75, 3.05) is 31.5 Å². The summed E-state index contributed by atoms with van der Waals surface area (Å²) in [6.45, 7) is 1.93. The van der Waals surface area contributed by atoms with Crippen molar-refractivity contribution in [3.05, 3.63) is 52.0 Å². The van der Waals surface area contributed by atoms with E-state index < -0.39 is 10.0 Å². The van der Waals surface area contributed by atoms with Crippen LogP contribution in [0.4, 0.5) is 11.4 Å². The number of nitriles is 1. The summed E-state index contributed by atoms with van der Waals surface area (Å²) in [5, 5.41) is 16.2. The van der Waals surface area contributed by atoms with E-state index in [1.807, 2.05) is 6.07 Å². The van der Waals surface area contributed by atoms with Gasteiger partial charge >= 0.3 is 0 Å². The molecule has 0 radical (unpaired) electrons. The summed E-state index contributed by atoms with van der Waals surface area (Å²) in [5.41, 5.74) is 1.19. The topological polar surface area (TPSA) is 85.2 Å². The highest BCUT2D eigenvalue weighted by atomic mass is 35.5. The first kappa shape index (κ1) is 21.8. The summed E-state index contributed by atoms with van der Waals surface area (Å²) in [6.07, 6.45) is 0. The van der Waals surface area contributed by atoms with Gasteiger partial charge in [0.05, 0.1) is 17.3 Å². The van der Waals surface area contributed by atoms with Gasteiger partial charge in [-0.1, -0.05) is 23.2 Å². The van der Waals surface area contributed by atoms with Crippen LogP contribution in [0.2, 0.25) is 10.0 Å². The molecule has 0 bridgehead atoms. The van der Waals surface area contributed by atoms with Crippen LogP contribution >= 0.6 is 35.6 Å². The Bertz CT molecular complexity index is 950. The van der Waals surface area contributed by atoms with Crippen molar-refractivity contribution in [3.8, 4) is 6.07 Å². The number of nitrogens with zero attached hydrogens (tertiary/aromatic N) is 2. The minimum atomic E-state index is -3.75. The van der Waals surface area contributed by atoms with Crippen molar-refractivity contribution in [3.63, 3.8) is 0 Å². The first-order valence-corrected chi connectivity index (χ1v) is 10.1. The smallest absolute Gasteiger partial charge is 0.245 e. The number of sulfonamides is 1. The highest BCUT2D eigenvalue weighted by Gasteiger charge is 2.28. The van der Waals surface area contributed by atoms with Gasteiger partial charge in [-0.2, -0.15) is 9.57 Å². The fourth-order valence-corrected chi connectivity index (χ4v) is 4.85. The van der Waals surface area contributed by atoms with Gasteiger partial charge in [-0.3, -0.25) is 0 Å². The maximum Gasteiger partial charge on any atom is 0.245 e. The lowest BCUT2D eigenvalue weighted by atomic mass is 10.2. The van der Waals surface area contributed by atoms with Gasteiger partial charge in [0.1, 0.15) is 4.90 Å². The van der Waals surface area contributed by atoms with E-state index in [0.29, 0.717) is 47.6 Å². The quantitative estimate of drug-likeness (QED) is 0.747. The Morgan fingerprint density at radius 2 is 1.70 bits per heavy atom. The summed E-state index contributed by atoms with van der Waals surface area (Å²) >= 11 is 12.0. The van der Waals surface area contributed by atoms with E-state index in [1.54, 1.807) is 30.3 Å². The second-order valence-corrected chi connectivity index (χ2v) is 8.54. The van der Waals surface area contributed by atoms with E-state index in [4.69, 9.17) is 28.5 Å². The van der Waals surface area contributed by atoms with Crippen molar-refractivity contribution >= 4 is 57.0 Å². The average molecular weight is 448 g/mol. The van der Waals surface area contributed by atoms with Gasteiger partial charge in [0.15, 0.2) is 0 Å². The Labute approximate surface area is 174 Å². The van der Waals surface area contributed by atoms with Crippen molar-refractivity contribution in [1.82, 2.24) is 9.62 Å². The number of rotatable bonds is 4. The van der Waals surface area contributed by atoms with Crippen LogP contribution in [0.15, 0.2) is 41.3 Å². The SMILES string of the molecule is Cl.N#Cc1ccc(Nc2cc(Cl)cc(Cl)c2)c(S(=O)(=O)N2CCNCC2)c1. The number of anilines is 2. The fraction of sp³-hybridized carbons (Fsp3) is 0.235. The number of hydrogen-bond acceptors (Lipinski definition) is 5. The standard InChI is InChI=1S/C17H16Cl2N4O2S.ClH/c18-13-8-14(19)10-15(9-13)22-16-2-1-12(11-20)7-17(16)26(24,25)23-5-3-21-4-6-23;/h1-2,7-10,21-22H,3-6H2;1H. The van der Waals surface area contributed by atoms with E-state index in [9.17, 15) is 8.42 Å². The Morgan fingerprint density at radius 1 is 1.07 bits per heavy atom. The Morgan fingerprint density at radius 3 is 2.30 bits per heavy atom. The number of benzene rings is 2. The molecule has 0 unspecified atom stereocenters. The van der Waals surface area contributed by atoms with Gasteiger partial charge in [-0.25, -0.2) is 8.42 Å². The van der Waals surface area contributed by atoms with Crippen LogP contribution in [0, 0.1) is 11.3 Å². The van der Waals surface area contributed by atoms with Crippen molar-refractivity contribution in [2.24, 2.45) is 0 Å². The highest BCUT2D eigenvalue weighted by Crippen LogP contribution is 2.31. The third-order valence-electron chi connectivity index (χ3n) is 3.95. The van der Waals surface area contributed by atoms with Crippen LogP contribution in [-0.4, -0.2) is 38.9 Å². The second kappa shape index (κ2) is 9.11. The third-order valence-corrected chi connectivity index (χ3v) is 6.32. The Hall–Kier alpha value is -1.53. The van der Waals surface area contributed by atoms with E-state index >= 15 is 0 Å². The molecule has 2 aromatic rings. The molecular weight excluding hydrogens is 431 g/mol.